The highest BCUT2D eigenvalue weighted by Crippen LogP contribution is 2.16. The topological polar surface area (TPSA) is 64.3 Å². The van der Waals surface area contributed by atoms with Crippen molar-refractivity contribution in [1.82, 2.24) is 0 Å². The molecule has 3 N–H and O–H groups in total. The van der Waals surface area contributed by atoms with Crippen molar-refractivity contribution in [3.8, 4) is 0 Å². The fraction of sp³-hybridized carbons (Fsp3) is 0.308. The summed E-state index contributed by atoms with van der Waals surface area (Å²) < 4.78 is 5.18. The summed E-state index contributed by atoms with van der Waals surface area (Å²) in [6, 6.07) is 7.19. The molecule has 0 unspecified atom stereocenters. The lowest BCUT2D eigenvalue weighted by molar-refractivity contribution is -0.116. The molecular formula is C13H18N2O2. The summed E-state index contributed by atoms with van der Waals surface area (Å²) in [5.41, 5.74) is 6.94. The summed E-state index contributed by atoms with van der Waals surface area (Å²) in [4.78, 5) is 11.6. The molecule has 0 radical (unpaired) electrons. The van der Waals surface area contributed by atoms with E-state index < -0.39 is 0 Å². The molecule has 4 nitrogen and oxygen atoms in total. The van der Waals surface area contributed by atoms with E-state index in [0.717, 1.165) is 0 Å². The molecule has 0 aliphatic rings. The van der Waals surface area contributed by atoms with Gasteiger partial charge in [0.1, 0.15) is 0 Å². The molecule has 0 saturated heterocycles. The number of nitrogens with one attached hydrogen (secondary N) is 1. The average molecular weight is 234 g/mol. The monoisotopic (exact) mass is 234 g/mol. The van der Waals surface area contributed by atoms with Gasteiger partial charge in [-0.05, 0) is 18.6 Å². The van der Waals surface area contributed by atoms with Gasteiger partial charge in [-0.15, -0.1) is 6.58 Å². The molecule has 17 heavy (non-hydrogen) atoms. The Bertz CT molecular complexity index is 377. The molecule has 0 aliphatic heterocycles. The van der Waals surface area contributed by atoms with Crippen LogP contribution in [0.15, 0.2) is 36.9 Å². The smallest absolute Gasteiger partial charge is 0.224 e. The van der Waals surface area contributed by atoms with Gasteiger partial charge < -0.3 is 15.8 Å². The molecule has 0 aromatic heterocycles. The number of amides is 1. The van der Waals surface area contributed by atoms with Crippen molar-refractivity contribution in [2.75, 3.05) is 24.3 Å². The van der Waals surface area contributed by atoms with E-state index in [1.54, 1.807) is 18.2 Å². The zero-order chi connectivity index (χ0) is 12.5. The van der Waals surface area contributed by atoms with Crippen molar-refractivity contribution in [3.63, 3.8) is 0 Å². The van der Waals surface area contributed by atoms with E-state index in [1.165, 1.54) is 0 Å². The van der Waals surface area contributed by atoms with Gasteiger partial charge in [0.25, 0.3) is 0 Å². The van der Waals surface area contributed by atoms with Crippen LogP contribution in [0.3, 0.4) is 0 Å². The number of carbonyl (C=O) groups is 1. The Labute approximate surface area is 101 Å². The first kappa shape index (κ1) is 13.3. The number of nitrogens with two attached hydrogens (primary N) is 1. The second kappa shape index (κ2) is 7.46. The quantitative estimate of drug-likeness (QED) is 0.432. The van der Waals surface area contributed by atoms with Crippen LogP contribution >= 0.6 is 0 Å². The number of ether oxygens (including phenoxy) is 1. The van der Waals surface area contributed by atoms with Gasteiger partial charge >= 0.3 is 0 Å². The number of hydrogen-bond donors (Lipinski definition) is 2. The number of anilines is 2. The normalized spacial score (nSPS) is 9.88. The van der Waals surface area contributed by atoms with Gasteiger partial charge in [-0.2, -0.15) is 0 Å². The van der Waals surface area contributed by atoms with E-state index in [9.17, 15) is 4.79 Å². The minimum absolute atomic E-state index is 0.0508. The highest BCUT2D eigenvalue weighted by Gasteiger charge is 2.03. The van der Waals surface area contributed by atoms with Crippen LogP contribution < -0.4 is 11.1 Å². The molecule has 92 valence electrons. The number of hydrogen-bond acceptors (Lipinski definition) is 3. The lowest BCUT2D eigenvalue weighted by Gasteiger charge is -2.07. The van der Waals surface area contributed by atoms with Crippen molar-refractivity contribution >= 4 is 17.3 Å². The Morgan fingerprint density at radius 3 is 2.94 bits per heavy atom. The third-order valence-electron chi connectivity index (χ3n) is 2.16. The van der Waals surface area contributed by atoms with Gasteiger partial charge in [-0.1, -0.05) is 18.2 Å². The van der Waals surface area contributed by atoms with Gasteiger partial charge in [0, 0.05) is 13.0 Å². The number of nitrogen functional groups attached to an aromatic ring is 1. The Morgan fingerprint density at radius 2 is 2.24 bits per heavy atom. The van der Waals surface area contributed by atoms with Gasteiger partial charge in [-0.25, -0.2) is 0 Å². The third-order valence-corrected chi connectivity index (χ3v) is 2.16. The van der Waals surface area contributed by atoms with Gasteiger partial charge in [0.05, 0.1) is 18.0 Å². The van der Waals surface area contributed by atoms with E-state index in [2.05, 4.69) is 11.9 Å². The Morgan fingerprint density at radius 1 is 1.47 bits per heavy atom. The summed E-state index contributed by atoms with van der Waals surface area (Å²) in [7, 11) is 0. The molecule has 1 rings (SSSR count). The Balaban J connectivity index is 2.25. The third kappa shape index (κ3) is 5.17. The molecule has 1 aromatic rings. The molecule has 0 aliphatic carbocycles. The van der Waals surface area contributed by atoms with Crippen LogP contribution in [0.5, 0.6) is 0 Å². The summed E-state index contributed by atoms with van der Waals surface area (Å²) in [5.74, 6) is -0.0508. The number of para-hydroxylation sites is 2. The van der Waals surface area contributed by atoms with Gasteiger partial charge in [0.15, 0.2) is 0 Å². The predicted octanol–water partition coefficient (Wildman–Crippen LogP) is 2.19. The first-order valence-electron chi connectivity index (χ1n) is 5.57. The highest BCUT2D eigenvalue weighted by molar-refractivity contribution is 5.93. The minimum atomic E-state index is -0.0508. The van der Waals surface area contributed by atoms with Crippen molar-refractivity contribution in [2.45, 2.75) is 12.8 Å². The van der Waals surface area contributed by atoms with Crippen LogP contribution in [0.1, 0.15) is 12.8 Å². The SMILES string of the molecule is C=CCOCCCC(=O)Nc1ccccc1N. The van der Waals surface area contributed by atoms with Crippen LogP contribution in [0.2, 0.25) is 0 Å². The minimum Gasteiger partial charge on any atom is -0.397 e. The van der Waals surface area contributed by atoms with Crippen molar-refractivity contribution in [1.29, 1.82) is 0 Å². The maximum Gasteiger partial charge on any atom is 0.224 e. The highest BCUT2D eigenvalue weighted by atomic mass is 16.5. The van der Waals surface area contributed by atoms with E-state index >= 15 is 0 Å². The van der Waals surface area contributed by atoms with Crippen LogP contribution in [-0.4, -0.2) is 19.1 Å². The molecule has 0 saturated carbocycles. The van der Waals surface area contributed by atoms with Gasteiger partial charge in [0.2, 0.25) is 5.91 Å². The molecule has 1 aromatic carbocycles. The molecular weight excluding hydrogens is 216 g/mol. The van der Waals surface area contributed by atoms with E-state index in [-0.39, 0.29) is 5.91 Å². The summed E-state index contributed by atoms with van der Waals surface area (Å²) >= 11 is 0. The van der Waals surface area contributed by atoms with Gasteiger partial charge in [-0.3, -0.25) is 4.79 Å². The molecule has 0 heterocycles. The number of benzene rings is 1. The maximum absolute atomic E-state index is 11.6. The van der Waals surface area contributed by atoms with E-state index in [1.807, 2.05) is 12.1 Å². The molecule has 0 spiro atoms. The van der Waals surface area contributed by atoms with Crippen LogP contribution in [0, 0.1) is 0 Å². The first-order valence-corrected chi connectivity index (χ1v) is 5.57. The van der Waals surface area contributed by atoms with Crippen molar-refractivity contribution in [3.05, 3.63) is 36.9 Å². The first-order chi connectivity index (χ1) is 8.24. The number of rotatable bonds is 7. The van der Waals surface area contributed by atoms with E-state index in [4.69, 9.17) is 10.5 Å². The Kier molecular flexibility index (Phi) is 5.82. The average Bonchev–Trinajstić information content (AvgIpc) is 2.32. The van der Waals surface area contributed by atoms with Crippen molar-refractivity contribution < 1.29 is 9.53 Å². The largest absolute Gasteiger partial charge is 0.397 e. The lowest BCUT2D eigenvalue weighted by atomic mass is 10.2. The zero-order valence-electron chi connectivity index (χ0n) is 9.82. The second-order valence-electron chi connectivity index (χ2n) is 3.60. The van der Waals surface area contributed by atoms with Crippen LogP contribution in [-0.2, 0) is 9.53 Å². The molecule has 0 fully saturated rings. The lowest BCUT2D eigenvalue weighted by Crippen LogP contribution is -2.13. The molecule has 0 bridgehead atoms. The van der Waals surface area contributed by atoms with Crippen LogP contribution in [0.4, 0.5) is 11.4 Å². The molecule has 0 atom stereocenters. The fourth-order valence-corrected chi connectivity index (χ4v) is 1.33. The fourth-order valence-electron chi connectivity index (χ4n) is 1.33. The number of carbonyl (C=O) groups excluding carboxylic acids is 1. The molecule has 4 heteroatoms. The summed E-state index contributed by atoms with van der Waals surface area (Å²) in [5, 5.41) is 2.76. The predicted molar refractivity (Wildman–Crippen MR) is 69.7 cm³/mol. The van der Waals surface area contributed by atoms with E-state index in [0.29, 0.717) is 37.4 Å². The van der Waals surface area contributed by atoms with Crippen LogP contribution in [0.25, 0.3) is 0 Å². The Hall–Kier alpha value is -1.81. The standard InChI is InChI=1S/C13H18N2O2/c1-2-9-17-10-5-8-13(16)15-12-7-4-3-6-11(12)14/h2-4,6-7H,1,5,8-10,14H2,(H,15,16). The zero-order valence-corrected chi connectivity index (χ0v) is 9.82. The summed E-state index contributed by atoms with van der Waals surface area (Å²) in [6.07, 6.45) is 2.79. The molecule has 1 amide bonds. The maximum atomic E-state index is 11.6. The van der Waals surface area contributed by atoms with Crippen molar-refractivity contribution in [2.24, 2.45) is 0 Å². The summed E-state index contributed by atoms with van der Waals surface area (Å²) in [6.45, 7) is 4.62. The second-order valence-corrected chi connectivity index (χ2v) is 3.60.